The van der Waals surface area contributed by atoms with Gasteiger partial charge in [0.1, 0.15) is 0 Å². The maximum absolute atomic E-state index is 11.2. The number of thiazole rings is 1. The molecule has 0 saturated heterocycles. The van der Waals surface area contributed by atoms with Crippen LogP contribution in [0.15, 0.2) is 0 Å². The molecule has 0 bridgehead atoms. The summed E-state index contributed by atoms with van der Waals surface area (Å²) in [4.78, 5) is 19.4. The molecule has 1 heterocycles. The number of fused-ring (bicyclic) bond motifs is 1. The molecule has 0 aliphatic heterocycles. The van der Waals surface area contributed by atoms with E-state index >= 15 is 0 Å². The van der Waals surface area contributed by atoms with Crippen LogP contribution in [0.1, 0.15) is 40.9 Å². The molecule has 5 heteroatoms. The molecule has 0 amide bonds. The lowest BCUT2D eigenvalue weighted by atomic mass is 9.97. The third-order valence-corrected chi connectivity index (χ3v) is 4.57. The molecule has 0 saturated carbocycles. The van der Waals surface area contributed by atoms with Crippen LogP contribution < -0.4 is 0 Å². The summed E-state index contributed by atoms with van der Waals surface area (Å²) in [6, 6.07) is 0.421. The van der Waals surface area contributed by atoms with Gasteiger partial charge in [-0.2, -0.15) is 0 Å². The average molecular weight is 268 g/mol. The van der Waals surface area contributed by atoms with Crippen LogP contribution in [-0.2, 0) is 16.0 Å². The molecular formula is C13H20N2O2S. The van der Waals surface area contributed by atoms with Crippen molar-refractivity contribution >= 4 is 17.3 Å². The number of aromatic nitrogens is 1. The average Bonchev–Trinajstić information content (AvgIpc) is 2.75. The van der Waals surface area contributed by atoms with E-state index in [-0.39, 0.29) is 5.97 Å². The zero-order valence-corrected chi connectivity index (χ0v) is 12.0. The predicted molar refractivity (Wildman–Crippen MR) is 71.8 cm³/mol. The van der Waals surface area contributed by atoms with Gasteiger partial charge in [-0.3, -0.25) is 9.69 Å². The number of aryl methyl sites for hydroxylation is 2. The van der Waals surface area contributed by atoms with Crippen molar-refractivity contribution in [3.63, 3.8) is 0 Å². The Morgan fingerprint density at radius 1 is 1.61 bits per heavy atom. The zero-order chi connectivity index (χ0) is 13.1. The second-order valence-electron chi connectivity index (χ2n) is 4.76. The van der Waals surface area contributed by atoms with E-state index in [9.17, 15) is 4.79 Å². The summed E-state index contributed by atoms with van der Waals surface area (Å²) in [6.45, 7) is 2.81. The normalized spacial score (nSPS) is 18.8. The minimum Gasteiger partial charge on any atom is -0.469 e. The Kier molecular flexibility index (Phi) is 4.35. The van der Waals surface area contributed by atoms with Crippen LogP contribution in [0.3, 0.4) is 0 Å². The fourth-order valence-corrected chi connectivity index (χ4v) is 3.64. The summed E-state index contributed by atoms with van der Waals surface area (Å²) in [5, 5.41) is 1.15. The highest BCUT2D eigenvalue weighted by Gasteiger charge is 2.27. The smallest absolute Gasteiger partial charge is 0.306 e. The Hall–Kier alpha value is -0.940. The molecule has 100 valence electrons. The van der Waals surface area contributed by atoms with Crippen molar-refractivity contribution in [3.8, 4) is 0 Å². The lowest BCUT2D eigenvalue weighted by molar-refractivity contribution is -0.141. The van der Waals surface area contributed by atoms with Crippen molar-refractivity contribution in [1.29, 1.82) is 0 Å². The summed E-state index contributed by atoms with van der Waals surface area (Å²) in [5.74, 6) is -0.140. The molecule has 1 aliphatic carbocycles. The lowest BCUT2D eigenvalue weighted by Crippen LogP contribution is -2.29. The highest BCUT2D eigenvalue weighted by Crippen LogP contribution is 2.37. The molecule has 1 aromatic heterocycles. The van der Waals surface area contributed by atoms with Crippen molar-refractivity contribution in [2.75, 3.05) is 20.7 Å². The van der Waals surface area contributed by atoms with Gasteiger partial charge in [-0.1, -0.05) is 0 Å². The number of ether oxygens (including phenoxy) is 1. The minimum absolute atomic E-state index is 0.140. The Labute approximate surface area is 112 Å². The van der Waals surface area contributed by atoms with Crippen molar-refractivity contribution in [1.82, 2.24) is 9.88 Å². The van der Waals surface area contributed by atoms with Gasteiger partial charge in [0.2, 0.25) is 0 Å². The second kappa shape index (κ2) is 5.80. The first-order chi connectivity index (χ1) is 8.61. The van der Waals surface area contributed by atoms with Crippen LogP contribution in [0.25, 0.3) is 0 Å². The molecule has 1 atom stereocenters. The number of esters is 1. The second-order valence-corrected chi connectivity index (χ2v) is 5.99. The lowest BCUT2D eigenvalue weighted by Gasteiger charge is -2.30. The quantitative estimate of drug-likeness (QED) is 0.786. The van der Waals surface area contributed by atoms with Gasteiger partial charge in [-0.25, -0.2) is 4.98 Å². The number of rotatable bonds is 4. The van der Waals surface area contributed by atoms with E-state index in [1.165, 1.54) is 24.1 Å². The van der Waals surface area contributed by atoms with Gasteiger partial charge in [0.25, 0.3) is 0 Å². The van der Waals surface area contributed by atoms with E-state index in [0.29, 0.717) is 12.5 Å². The van der Waals surface area contributed by atoms with Gasteiger partial charge in [-0.05, 0) is 33.2 Å². The maximum Gasteiger partial charge on any atom is 0.306 e. The molecule has 0 radical (unpaired) electrons. The van der Waals surface area contributed by atoms with Crippen molar-refractivity contribution in [2.45, 2.75) is 38.6 Å². The summed E-state index contributed by atoms with van der Waals surface area (Å²) >= 11 is 1.80. The highest BCUT2D eigenvalue weighted by atomic mass is 32.1. The Bertz CT molecular complexity index is 431. The molecule has 0 N–H and O–H groups in total. The van der Waals surface area contributed by atoms with Crippen LogP contribution in [-0.4, -0.2) is 36.6 Å². The molecule has 1 unspecified atom stereocenters. The minimum atomic E-state index is -0.140. The van der Waals surface area contributed by atoms with Crippen LogP contribution in [0.4, 0.5) is 0 Å². The first-order valence-corrected chi connectivity index (χ1v) is 7.16. The Morgan fingerprint density at radius 2 is 2.39 bits per heavy atom. The van der Waals surface area contributed by atoms with Gasteiger partial charge in [0.15, 0.2) is 0 Å². The zero-order valence-electron chi connectivity index (χ0n) is 11.2. The number of methoxy groups -OCH3 is 1. The van der Waals surface area contributed by atoms with Gasteiger partial charge in [-0.15, -0.1) is 11.3 Å². The number of carbonyl (C=O) groups excluding carboxylic acids is 1. The molecular weight excluding hydrogens is 248 g/mol. The van der Waals surface area contributed by atoms with Crippen LogP contribution in [0.2, 0.25) is 0 Å². The van der Waals surface area contributed by atoms with Crippen LogP contribution >= 0.6 is 11.3 Å². The summed E-state index contributed by atoms with van der Waals surface area (Å²) in [5.41, 5.74) is 1.26. The van der Waals surface area contributed by atoms with E-state index in [4.69, 9.17) is 0 Å². The molecule has 1 aromatic rings. The molecule has 0 fully saturated rings. The van der Waals surface area contributed by atoms with E-state index in [1.54, 1.807) is 11.3 Å². The van der Waals surface area contributed by atoms with Crippen LogP contribution in [0, 0.1) is 6.92 Å². The predicted octanol–water partition coefficient (Wildman–Crippen LogP) is 2.32. The topological polar surface area (TPSA) is 42.4 Å². The summed E-state index contributed by atoms with van der Waals surface area (Å²) < 4.78 is 4.69. The SMILES string of the molecule is COC(=O)CCN(C)C1CCCc2nc(C)sc21. The first-order valence-electron chi connectivity index (χ1n) is 6.35. The summed E-state index contributed by atoms with van der Waals surface area (Å²) in [6.07, 6.45) is 3.90. The summed E-state index contributed by atoms with van der Waals surface area (Å²) in [7, 11) is 3.52. The number of nitrogens with zero attached hydrogens (tertiary/aromatic N) is 2. The molecule has 1 aliphatic rings. The maximum atomic E-state index is 11.2. The number of carbonyl (C=O) groups is 1. The number of hydrogen-bond acceptors (Lipinski definition) is 5. The standard InChI is InChI=1S/C13H20N2O2S/c1-9-14-10-5-4-6-11(13(10)18-9)15(2)8-7-12(16)17-3/h11H,4-8H2,1-3H3. The van der Waals surface area contributed by atoms with Crippen molar-refractivity contribution < 1.29 is 9.53 Å². The van der Waals surface area contributed by atoms with Crippen molar-refractivity contribution in [3.05, 3.63) is 15.6 Å². The molecule has 0 spiro atoms. The van der Waals surface area contributed by atoms with Crippen LogP contribution in [0.5, 0.6) is 0 Å². The van der Waals surface area contributed by atoms with E-state index in [0.717, 1.165) is 24.4 Å². The fourth-order valence-electron chi connectivity index (χ4n) is 2.47. The third-order valence-electron chi connectivity index (χ3n) is 3.46. The largest absolute Gasteiger partial charge is 0.469 e. The molecule has 2 rings (SSSR count). The third kappa shape index (κ3) is 2.90. The van der Waals surface area contributed by atoms with Gasteiger partial charge < -0.3 is 4.74 Å². The van der Waals surface area contributed by atoms with E-state index in [2.05, 4.69) is 28.6 Å². The first kappa shape index (κ1) is 13.5. The highest BCUT2D eigenvalue weighted by molar-refractivity contribution is 7.11. The van der Waals surface area contributed by atoms with Gasteiger partial charge >= 0.3 is 5.97 Å². The van der Waals surface area contributed by atoms with E-state index < -0.39 is 0 Å². The number of hydrogen-bond donors (Lipinski definition) is 0. The fraction of sp³-hybridized carbons (Fsp3) is 0.692. The Balaban J connectivity index is 2.03. The monoisotopic (exact) mass is 268 g/mol. The van der Waals surface area contributed by atoms with Gasteiger partial charge in [0, 0.05) is 17.5 Å². The molecule has 18 heavy (non-hydrogen) atoms. The molecule has 4 nitrogen and oxygen atoms in total. The Morgan fingerprint density at radius 3 is 3.11 bits per heavy atom. The molecule has 0 aromatic carbocycles. The van der Waals surface area contributed by atoms with Gasteiger partial charge in [0.05, 0.1) is 24.2 Å². The van der Waals surface area contributed by atoms with E-state index in [1.807, 2.05) is 0 Å². The van der Waals surface area contributed by atoms with Crippen molar-refractivity contribution in [2.24, 2.45) is 0 Å².